The van der Waals surface area contributed by atoms with E-state index in [2.05, 4.69) is 4.99 Å². The van der Waals surface area contributed by atoms with E-state index >= 15 is 0 Å². The number of hydrogen-bond donors (Lipinski definition) is 0. The molecule has 0 heterocycles. The van der Waals surface area contributed by atoms with E-state index < -0.39 is 4.75 Å². The summed E-state index contributed by atoms with van der Waals surface area (Å²) in [5.74, 6) is 1.53. The predicted molar refractivity (Wildman–Crippen MR) is 97.8 cm³/mol. The molecule has 0 unspecified atom stereocenters. The SMILES string of the molecule is COc1ccc(CSC(C)(C)C(=O)N=C(SC)SC)cc1. The van der Waals surface area contributed by atoms with Crippen LogP contribution in [-0.4, -0.2) is 34.7 Å². The van der Waals surface area contributed by atoms with Gasteiger partial charge >= 0.3 is 0 Å². The second-order valence-electron chi connectivity index (χ2n) is 4.74. The van der Waals surface area contributed by atoms with Gasteiger partial charge in [0.2, 0.25) is 0 Å². The van der Waals surface area contributed by atoms with Crippen molar-refractivity contribution in [3.8, 4) is 5.75 Å². The van der Waals surface area contributed by atoms with Gasteiger partial charge in [0.1, 0.15) is 10.1 Å². The zero-order chi connectivity index (χ0) is 15.9. The van der Waals surface area contributed by atoms with Crippen molar-refractivity contribution in [2.75, 3.05) is 19.6 Å². The van der Waals surface area contributed by atoms with Crippen LogP contribution in [0.3, 0.4) is 0 Å². The van der Waals surface area contributed by atoms with Crippen molar-refractivity contribution in [1.29, 1.82) is 0 Å². The van der Waals surface area contributed by atoms with E-state index in [1.807, 2.05) is 50.6 Å². The second kappa shape index (κ2) is 8.76. The predicted octanol–water partition coefficient (Wildman–Crippen LogP) is 4.32. The van der Waals surface area contributed by atoms with Gasteiger partial charge in [0.05, 0.1) is 11.9 Å². The van der Waals surface area contributed by atoms with Gasteiger partial charge < -0.3 is 4.74 Å². The third-order valence-corrected chi connectivity index (χ3v) is 6.07. The number of amides is 1. The fraction of sp³-hybridized carbons (Fsp3) is 0.467. The summed E-state index contributed by atoms with van der Waals surface area (Å²) in [6.45, 7) is 3.84. The Hall–Kier alpha value is -0.590. The molecule has 1 rings (SSSR count). The molecule has 0 spiro atoms. The molecular formula is C15H21NO2S3. The molecule has 0 bridgehead atoms. The van der Waals surface area contributed by atoms with E-state index in [9.17, 15) is 4.79 Å². The molecule has 0 aliphatic carbocycles. The van der Waals surface area contributed by atoms with Crippen LogP contribution in [-0.2, 0) is 10.5 Å². The number of carbonyl (C=O) groups excluding carboxylic acids is 1. The number of aliphatic imine (C=N–C) groups is 1. The van der Waals surface area contributed by atoms with E-state index in [1.165, 1.54) is 29.1 Å². The summed E-state index contributed by atoms with van der Waals surface area (Å²) in [7, 11) is 1.65. The number of thioether (sulfide) groups is 3. The van der Waals surface area contributed by atoms with Gasteiger partial charge in [0.25, 0.3) is 5.91 Å². The zero-order valence-electron chi connectivity index (χ0n) is 13.0. The van der Waals surface area contributed by atoms with Gasteiger partial charge in [-0.15, -0.1) is 35.3 Å². The van der Waals surface area contributed by atoms with Crippen molar-refractivity contribution in [3.05, 3.63) is 29.8 Å². The van der Waals surface area contributed by atoms with Gasteiger partial charge in [-0.2, -0.15) is 4.99 Å². The summed E-state index contributed by atoms with van der Waals surface area (Å²) in [5.41, 5.74) is 1.17. The Morgan fingerprint density at radius 2 is 1.76 bits per heavy atom. The number of hydrogen-bond acceptors (Lipinski definition) is 5. The first kappa shape index (κ1) is 18.5. The highest BCUT2D eigenvalue weighted by Gasteiger charge is 2.28. The average molecular weight is 344 g/mol. The van der Waals surface area contributed by atoms with Gasteiger partial charge in [-0.05, 0) is 44.1 Å². The number of rotatable bonds is 5. The molecule has 0 fully saturated rings. The van der Waals surface area contributed by atoms with E-state index in [0.29, 0.717) is 0 Å². The first-order valence-corrected chi connectivity index (χ1v) is 9.84. The lowest BCUT2D eigenvalue weighted by molar-refractivity contribution is -0.119. The van der Waals surface area contributed by atoms with E-state index in [-0.39, 0.29) is 5.91 Å². The van der Waals surface area contributed by atoms with Crippen LogP contribution in [0.25, 0.3) is 0 Å². The molecule has 0 N–H and O–H groups in total. The van der Waals surface area contributed by atoms with Crippen LogP contribution >= 0.6 is 35.3 Å². The number of benzene rings is 1. The Labute approximate surface area is 139 Å². The quantitative estimate of drug-likeness (QED) is 0.588. The molecule has 6 heteroatoms. The van der Waals surface area contributed by atoms with Crippen LogP contribution in [0.1, 0.15) is 19.4 Å². The number of nitrogens with zero attached hydrogens (tertiary/aromatic N) is 1. The Bertz CT molecular complexity index is 492. The average Bonchev–Trinajstić information content (AvgIpc) is 2.50. The highest BCUT2D eigenvalue weighted by molar-refractivity contribution is 8.38. The minimum Gasteiger partial charge on any atom is -0.497 e. The molecule has 0 saturated heterocycles. The molecule has 1 aromatic rings. The number of methoxy groups -OCH3 is 1. The fourth-order valence-electron chi connectivity index (χ4n) is 1.44. The van der Waals surface area contributed by atoms with Gasteiger partial charge in [0, 0.05) is 5.75 Å². The Balaban J connectivity index is 2.66. The maximum Gasteiger partial charge on any atom is 0.262 e. The molecular weight excluding hydrogens is 322 g/mol. The molecule has 0 aliphatic heterocycles. The van der Waals surface area contributed by atoms with Gasteiger partial charge in [0.15, 0.2) is 0 Å². The number of carbonyl (C=O) groups is 1. The smallest absolute Gasteiger partial charge is 0.262 e. The molecule has 0 aliphatic rings. The monoisotopic (exact) mass is 343 g/mol. The summed E-state index contributed by atoms with van der Waals surface area (Å²) < 4.78 is 5.41. The first-order chi connectivity index (χ1) is 9.92. The summed E-state index contributed by atoms with van der Waals surface area (Å²) in [4.78, 5) is 16.4. The molecule has 116 valence electrons. The van der Waals surface area contributed by atoms with E-state index in [1.54, 1.807) is 18.9 Å². The van der Waals surface area contributed by atoms with E-state index in [0.717, 1.165) is 15.9 Å². The number of ether oxygens (including phenoxy) is 1. The van der Waals surface area contributed by atoms with Crippen molar-refractivity contribution >= 4 is 45.6 Å². The standard InChI is InChI=1S/C15H21NO2S3/c1-15(2,13(17)16-14(19-4)20-5)21-10-11-6-8-12(18-3)9-7-11/h6-9H,10H2,1-5H3. The van der Waals surface area contributed by atoms with Crippen molar-refractivity contribution in [2.24, 2.45) is 4.99 Å². The van der Waals surface area contributed by atoms with Gasteiger partial charge in [-0.3, -0.25) is 4.79 Å². The molecule has 3 nitrogen and oxygen atoms in total. The summed E-state index contributed by atoms with van der Waals surface area (Å²) >= 11 is 4.60. The molecule has 21 heavy (non-hydrogen) atoms. The van der Waals surface area contributed by atoms with Crippen LogP contribution in [0.5, 0.6) is 5.75 Å². The van der Waals surface area contributed by atoms with Crippen molar-refractivity contribution < 1.29 is 9.53 Å². The Morgan fingerprint density at radius 1 is 1.19 bits per heavy atom. The third kappa shape index (κ3) is 5.96. The third-order valence-electron chi connectivity index (χ3n) is 2.82. The minimum atomic E-state index is -0.531. The summed E-state index contributed by atoms with van der Waals surface area (Å²) in [5, 5.41) is 0. The summed E-state index contributed by atoms with van der Waals surface area (Å²) in [6, 6.07) is 7.90. The molecule has 0 aromatic heterocycles. The Morgan fingerprint density at radius 3 is 2.24 bits per heavy atom. The van der Waals surface area contributed by atoms with Crippen molar-refractivity contribution in [3.63, 3.8) is 0 Å². The molecule has 0 saturated carbocycles. The van der Waals surface area contributed by atoms with Crippen LogP contribution in [0.15, 0.2) is 29.3 Å². The molecule has 0 atom stereocenters. The van der Waals surface area contributed by atoms with Crippen LogP contribution in [0, 0.1) is 0 Å². The van der Waals surface area contributed by atoms with E-state index in [4.69, 9.17) is 4.74 Å². The summed E-state index contributed by atoms with van der Waals surface area (Å²) in [6.07, 6.45) is 3.86. The molecule has 1 amide bonds. The maximum atomic E-state index is 12.3. The first-order valence-electron chi connectivity index (χ1n) is 6.41. The highest BCUT2D eigenvalue weighted by Crippen LogP contribution is 2.30. The van der Waals surface area contributed by atoms with Crippen LogP contribution in [0.2, 0.25) is 0 Å². The lowest BCUT2D eigenvalue weighted by Gasteiger charge is -2.20. The molecule has 0 radical (unpaired) electrons. The van der Waals surface area contributed by atoms with Crippen molar-refractivity contribution in [1.82, 2.24) is 0 Å². The lowest BCUT2D eigenvalue weighted by atomic mass is 10.2. The largest absolute Gasteiger partial charge is 0.497 e. The maximum absolute atomic E-state index is 12.3. The van der Waals surface area contributed by atoms with Crippen LogP contribution in [0.4, 0.5) is 0 Å². The highest BCUT2D eigenvalue weighted by atomic mass is 32.2. The minimum absolute atomic E-state index is 0.0836. The van der Waals surface area contributed by atoms with Crippen molar-refractivity contribution in [2.45, 2.75) is 24.3 Å². The Kier molecular flexibility index (Phi) is 7.70. The van der Waals surface area contributed by atoms with Gasteiger partial charge in [-0.1, -0.05) is 12.1 Å². The zero-order valence-corrected chi connectivity index (χ0v) is 15.5. The van der Waals surface area contributed by atoms with Gasteiger partial charge in [-0.25, -0.2) is 0 Å². The second-order valence-corrected chi connectivity index (χ2v) is 8.18. The van der Waals surface area contributed by atoms with Crippen LogP contribution < -0.4 is 4.74 Å². The normalized spacial score (nSPS) is 11.1. The molecule has 1 aromatic carbocycles. The fourth-order valence-corrected chi connectivity index (χ4v) is 3.34. The topological polar surface area (TPSA) is 38.7 Å². The lowest BCUT2D eigenvalue weighted by Crippen LogP contribution is -2.26.